The molecule has 1 aliphatic rings. The van der Waals surface area contributed by atoms with Crippen LogP contribution in [-0.4, -0.2) is 48.8 Å². The minimum absolute atomic E-state index is 0.154. The lowest BCUT2D eigenvalue weighted by Gasteiger charge is -2.28. The van der Waals surface area contributed by atoms with Crippen molar-refractivity contribution < 1.29 is 27.1 Å². The molecule has 1 amide bonds. The first-order valence-corrected chi connectivity index (χ1v) is 7.52. The van der Waals surface area contributed by atoms with Crippen molar-refractivity contribution in [2.24, 2.45) is 0 Å². The molecule has 0 saturated carbocycles. The summed E-state index contributed by atoms with van der Waals surface area (Å²) in [5.41, 5.74) is 0.668. The molecule has 0 aromatic carbocycles. The highest BCUT2D eigenvalue weighted by Gasteiger charge is 2.41. The topological polar surface area (TPSA) is 42.4 Å². The van der Waals surface area contributed by atoms with Crippen LogP contribution in [0.5, 0.6) is 0 Å². The second-order valence-electron chi connectivity index (χ2n) is 4.59. The van der Waals surface area contributed by atoms with Crippen LogP contribution < -0.4 is 4.90 Å². The summed E-state index contributed by atoms with van der Waals surface area (Å²) in [6, 6.07) is 3.45. The summed E-state index contributed by atoms with van der Waals surface area (Å²) in [5, 5.41) is 0.729. The Bertz CT molecular complexity index is 531. The first-order valence-electron chi connectivity index (χ1n) is 6.54. The van der Waals surface area contributed by atoms with Gasteiger partial charge in [0.25, 0.3) is 0 Å². The van der Waals surface area contributed by atoms with Crippen LogP contribution in [0.2, 0.25) is 0 Å². The zero-order chi connectivity index (χ0) is 16.2. The minimum atomic E-state index is -4.19. The Labute approximate surface area is 128 Å². The van der Waals surface area contributed by atoms with Crippen LogP contribution in [0.1, 0.15) is 6.42 Å². The molecule has 0 aliphatic carbocycles. The van der Waals surface area contributed by atoms with Gasteiger partial charge in [0.2, 0.25) is 5.91 Å². The third-order valence-electron chi connectivity index (χ3n) is 2.97. The number of fused-ring (bicyclic) bond motifs is 1. The number of hydrogen-bond acceptors (Lipinski definition) is 4. The van der Waals surface area contributed by atoms with Crippen molar-refractivity contribution in [3.05, 3.63) is 18.3 Å². The molecule has 9 heteroatoms. The molecule has 1 aromatic heterocycles. The van der Waals surface area contributed by atoms with Crippen LogP contribution in [0.15, 0.2) is 23.4 Å². The maximum absolute atomic E-state index is 12.6. The number of carbonyl (C=O) groups is 1. The molecule has 22 heavy (non-hydrogen) atoms. The molecule has 0 atom stereocenters. The predicted octanol–water partition coefficient (Wildman–Crippen LogP) is 2.83. The van der Waals surface area contributed by atoms with Crippen LogP contribution in [0.4, 0.5) is 23.2 Å². The van der Waals surface area contributed by atoms with Crippen molar-refractivity contribution in [2.45, 2.75) is 23.8 Å². The smallest absolute Gasteiger partial charge is 0.330 e. The number of anilines is 1. The molecule has 1 aromatic rings. The molecular weight excluding hydrogens is 324 g/mol. The summed E-state index contributed by atoms with van der Waals surface area (Å²) in [5.74, 6) is -3.82. The Hall–Kier alpha value is -1.35. The van der Waals surface area contributed by atoms with Crippen LogP contribution in [-0.2, 0) is 9.53 Å². The van der Waals surface area contributed by atoms with Crippen LogP contribution in [0, 0.1) is 0 Å². The molecule has 4 nitrogen and oxygen atoms in total. The zero-order valence-corrected chi connectivity index (χ0v) is 12.3. The van der Waals surface area contributed by atoms with Crippen molar-refractivity contribution in [3.8, 4) is 0 Å². The van der Waals surface area contributed by atoms with Gasteiger partial charge >= 0.3 is 12.3 Å². The second kappa shape index (κ2) is 7.28. The molecular formula is C13H14F4N2O2S. The van der Waals surface area contributed by atoms with Crippen LogP contribution >= 0.6 is 11.8 Å². The molecule has 2 rings (SSSR count). The first-order chi connectivity index (χ1) is 10.4. The van der Waals surface area contributed by atoms with E-state index in [2.05, 4.69) is 9.72 Å². The first kappa shape index (κ1) is 17.0. The van der Waals surface area contributed by atoms with Crippen molar-refractivity contribution in [1.82, 2.24) is 4.98 Å². The highest BCUT2D eigenvalue weighted by molar-refractivity contribution is 7.99. The van der Waals surface area contributed by atoms with E-state index in [-0.39, 0.29) is 18.9 Å². The zero-order valence-electron chi connectivity index (χ0n) is 11.5. The van der Waals surface area contributed by atoms with E-state index in [0.29, 0.717) is 18.0 Å². The summed E-state index contributed by atoms with van der Waals surface area (Å²) >= 11 is 1.53. The molecule has 0 spiro atoms. The number of thioether (sulfide) groups is 1. The normalized spacial score (nSPS) is 15.0. The molecule has 0 fully saturated rings. The van der Waals surface area contributed by atoms with E-state index >= 15 is 0 Å². The van der Waals surface area contributed by atoms with Gasteiger partial charge in [-0.3, -0.25) is 4.79 Å². The Kier molecular flexibility index (Phi) is 5.63. The molecule has 0 radical (unpaired) electrons. The van der Waals surface area contributed by atoms with Gasteiger partial charge < -0.3 is 9.64 Å². The van der Waals surface area contributed by atoms with Gasteiger partial charge in [-0.2, -0.15) is 8.78 Å². The van der Waals surface area contributed by atoms with Crippen molar-refractivity contribution in [3.63, 3.8) is 0 Å². The van der Waals surface area contributed by atoms with Gasteiger partial charge in [-0.1, -0.05) is 0 Å². The molecule has 0 unspecified atom stereocenters. The number of rotatable bonds is 6. The second-order valence-corrected chi connectivity index (χ2v) is 5.67. The molecule has 0 saturated heterocycles. The number of alkyl halides is 4. The minimum Gasteiger partial charge on any atom is -0.374 e. The summed E-state index contributed by atoms with van der Waals surface area (Å²) < 4.78 is 53.7. The fraction of sp³-hybridized carbons (Fsp3) is 0.538. The van der Waals surface area contributed by atoms with Gasteiger partial charge in [-0.25, -0.2) is 13.8 Å². The lowest BCUT2D eigenvalue weighted by Crippen LogP contribution is -2.37. The largest absolute Gasteiger partial charge is 0.374 e. The summed E-state index contributed by atoms with van der Waals surface area (Å²) in [6.45, 7) is -1.25. The number of carbonyl (C=O) groups excluding carboxylic acids is 1. The molecule has 1 aliphatic heterocycles. The van der Waals surface area contributed by atoms with Crippen molar-refractivity contribution in [1.29, 1.82) is 0 Å². The average Bonchev–Trinajstić information content (AvgIpc) is 2.50. The maximum atomic E-state index is 12.6. The number of nitrogens with zero attached hydrogens (tertiary/aromatic N) is 2. The molecule has 0 N–H and O–H groups in total. The Morgan fingerprint density at radius 2 is 2.27 bits per heavy atom. The number of pyridine rings is 1. The number of amides is 1. The highest BCUT2D eigenvalue weighted by atomic mass is 32.2. The van der Waals surface area contributed by atoms with E-state index in [4.69, 9.17) is 0 Å². The highest BCUT2D eigenvalue weighted by Crippen LogP contribution is 2.32. The van der Waals surface area contributed by atoms with Gasteiger partial charge in [0.1, 0.15) is 11.6 Å². The Balaban J connectivity index is 1.84. The van der Waals surface area contributed by atoms with E-state index < -0.39 is 19.0 Å². The predicted molar refractivity (Wildman–Crippen MR) is 73.7 cm³/mol. The SMILES string of the molecule is O=C(CCOCC(F)(F)C(F)F)N1CCSc2ncccc21. The van der Waals surface area contributed by atoms with Crippen molar-refractivity contribution >= 4 is 23.4 Å². The quantitative estimate of drug-likeness (QED) is 0.591. The maximum Gasteiger partial charge on any atom is 0.330 e. The summed E-state index contributed by atoms with van der Waals surface area (Å²) in [6.07, 6.45) is -2.31. The fourth-order valence-electron chi connectivity index (χ4n) is 1.88. The van der Waals surface area contributed by atoms with Gasteiger partial charge in [0.05, 0.1) is 18.7 Å². The van der Waals surface area contributed by atoms with Gasteiger partial charge in [-0.05, 0) is 12.1 Å². The monoisotopic (exact) mass is 338 g/mol. The van der Waals surface area contributed by atoms with Gasteiger partial charge in [0, 0.05) is 18.5 Å². The Morgan fingerprint density at radius 3 is 3.00 bits per heavy atom. The fourth-order valence-corrected chi connectivity index (χ4v) is 2.81. The summed E-state index contributed by atoms with van der Waals surface area (Å²) in [4.78, 5) is 17.8. The number of halogens is 4. The van der Waals surface area contributed by atoms with E-state index in [1.54, 1.807) is 18.3 Å². The Morgan fingerprint density at radius 1 is 1.50 bits per heavy atom. The van der Waals surface area contributed by atoms with Gasteiger partial charge in [0.15, 0.2) is 0 Å². The van der Waals surface area contributed by atoms with Crippen molar-refractivity contribution in [2.75, 3.05) is 30.4 Å². The van der Waals surface area contributed by atoms with E-state index in [1.807, 2.05) is 0 Å². The van der Waals surface area contributed by atoms with E-state index in [9.17, 15) is 22.4 Å². The lowest BCUT2D eigenvalue weighted by molar-refractivity contribution is -0.166. The van der Waals surface area contributed by atoms with E-state index in [0.717, 1.165) is 5.03 Å². The molecule has 0 bridgehead atoms. The van der Waals surface area contributed by atoms with Crippen LogP contribution in [0.25, 0.3) is 0 Å². The third kappa shape index (κ3) is 4.10. The molecule has 122 valence electrons. The van der Waals surface area contributed by atoms with Gasteiger partial charge in [-0.15, -0.1) is 11.8 Å². The van der Waals surface area contributed by atoms with Crippen LogP contribution in [0.3, 0.4) is 0 Å². The van der Waals surface area contributed by atoms with E-state index in [1.165, 1.54) is 16.7 Å². The summed E-state index contributed by atoms with van der Waals surface area (Å²) in [7, 11) is 0. The number of hydrogen-bond donors (Lipinski definition) is 0. The molecule has 2 heterocycles. The number of ether oxygens (including phenoxy) is 1. The average molecular weight is 338 g/mol. The third-order valence-corrected chi connectivity index (χ3v) is 3.95. The number of aromatic nitrogens is 1. The lowest BCUT2D eigenvalue weighted by atomic mass is 10.3. The standard InChI is InChI=1S/C13H14F4N2O2S/c14-12(15)13(16,17)8-21-6-3-10(20)19-5-7-22-11-9(19)2-1-4-18-11/h1-2,4,12H,3,5-8H2.